The van der Waals surface area contributed by atoms with E-state index < -0.39 is 0 Å². The number of carbonyl (C=O) groups excluding carboxylic acids is 1. The molecule has 3 heteroatoms. The highest BCUT2D eigenvalue weighted by molar-refractivity contribution is 6.30. The number of aryl methyl sites for hydroxylation is 2. The molecule has 0 atom stereocenters. The lowest BCUT2D eigenvalue weighted by Gasteiger charge is -2.08. The number of halogens is 1. The maximum Gasteiger partial charge on any atom is 0.249 e. The van der Waals surface area contributed by atoms with Crippen LogP contribution in [0.25, 0.3) is 0 Å². The summed E-state index contributed by atoms with van der Waals surface area (Å²) in [5, 5.41) is 0.652. The Bertz CT molecular complexity index is 347. The number of nitrogens with two attached hydrogens (primary N) is 1. The summed E-state index contributed by atoms with van der Waals surface area (Å²) in [5.41, 5.74) is 7.62. The van der Waals surface area contributed by atoms with E-state index in [0.717, 1.165) is 17.5 Å². The van der Waals surface area contributed by atoms with Crippen LogP contribution in [0.4, 0.5) is 0 Å². The van der Waals surface area contributed by atoms with Gasteiger partial charge in [0.2, 0.25) is 5.91 Å². The molecule has 0 spiro atoms. The molecular formula is C10H12ClNO. The Hall–Kier alpha value is -1.02. The average Bonchev–Trinajstić information content (AvgIpc) is 2.01. The molecule has 0 aliphatic heterocycles. The number of amides is 1. The van der Waals surface area contributed by atoms with Gasteiger partial charge < -0.3 is 5.73 Å². The van der Waals surface area contributed by atoms with Gasteiger partial charge in [-0.05, 0) is 36.6 Å². The van der Waals surface area contributed by atoms with Crippen molar-refractivity contribution in [3.63, 3.8) is 0 Å². The van der Waals surface area contributed by atoms with Gasteiger partial charge in [0.15, 0.2) is 0 Å². The van der Waals surface area contributed by atoms with Crippen LogP contribution in [-0.4, -0.2) is 5.91 Å². The first kappa shape index (κ1) is 10.1. The van der Waals surface area contributed by atoms with Gasteiger partial charge in [0.05, 0.1) is 0 Å². The number of primary amides is 1. The quantitative estimate of drug-likeness (QED) is 0.777. The number of benzene rings is 1. The maximum atomic E-state index is 11.1. The van der Waals surface area contributed by atoms with Gasteiger partial charge in [-0.15, -0.1) is 0 Å². The third-order valence-corrected chi connectivity index (χ3v) is 2.23. The molecule has 0 bridgehead atoms. The summed E-state index contributed by atoms with van der Waals surface area (Å²) in [6, 6.07) is 3.54. The molecule has 0 heterocycles. The summed E-state index contributed by atoms with van der Waals surface area (Å²) >= 11 is 5.85. The maximum absolute atomic E-state index is 11.1. The molecule has 0 unspecified atom stereocenters. The third kappa shape index (κ3) is 2.01. The number of rotatable bonds is 2. The largest absolute Gasteiger partial charge is 0.366 e. The molecule has 0 saturated carbocycles. The van der Waals surface area contributed by atoms with Crippen molar-refractivity contribution in [1.82, 2.24) is 0 Å². The van der Waals surface area contributed by atoms with Gasteiger partial charge in [-0.2, -0.15) is 0 Å². The minimum absolute atomic E-state index is 0.383. The lowest BCUT2D eigenvalue weighted by Crippen LogP contribution is -2.15. The molecule has 0 fully saturated rings. The zero-order chi connectivity index (χ0) is 10.0. The van der Waals surface area contributed by atoms with E-state index in [4.69, 9.17) is 17.3 Å². The van der Waals surface area contributed by atoms with E-state index in [0.29, 0.717) is 10.6 Å². The number of carbonyl (C=O) groups is 1. The van der Waals surface area contributed by atoms with Gasteiger partial charge >= 0.3 is 0 Å². The smallest absolute Gasteiger partial charge is 0.249 e. The summed E-state index contributed by atoms with van der Waals surface area (Å²) in [7, 11) is 0. The fourth-order valence-electron chi connectivity index (χ4n) is 1.44. The summed E-state index contributed by atoms with van der Waals surface area (Å²) < 4.78 is 0. The van der Waals surface area contributed by atoms with E-state index in [1.165, 1.54) is 0 Å². The Morgan fingerprint density at radius 2 is 2.15 bits per heavy atom. The van der Waals surface area contributed by atoms with E-state index in [1.54, 1.807) is 12.1 Å². The van der Waals surface area contributed by atoms with Gasteiger partial charge in [0.25, 0.3) is 0 Å². The molecule has 1 aromatic carbocycles. The minimum Gasteiger partial charge on any atom is -0.366 e. The molecule has 0 aliphatic rings. The highest BCUT2D eigenvalue weighted by atomic mass is 35.5. The van der Waals surface area contributed by atoms with Crippen molar-refractivity contribution in [2.75, 3.05) is 0 Å². The van der Waals surface area contributed by atoms with E-state index in [9.17, 15) is 4.79 Å². The highest BCUT2D eigenvalue weighted by Gasteiger charge is 2.10. The Morgan fingerprint density at radius 1 is 1.54 bits per heavy atom. The second-order valence-electron chi connectivity index (χ2n) is 2.97. The van der Waals surface area contributed by atoms with E-state index >= 15 is 0 Å². The van der Waals surface area contributed by atoms with Gasteiger partial charge in [0, 0.05) is 10.6 Å². The Labute approximate surface area is 82.7 Å². The second kappa shape index (κ2) is 3.79. The topological polar surface area (TPSA) is 43.1 Å². The highest BCUT2D eigenvalue weighted by Crippen LogP contribution is 2.20. The fourth-order valence-corrected chi connectivity index (χ4v) is 1.74. The number of hydrogen-bond acceptors (Lipinski definition) is 1. The molecule has 0 saturated heterocycles. The molecule has 0 radical (unpaired) electrons. The van der Waals surface area contributed by atoms with Crippen LogP contribution in [0.5, 0.6) is 0 Å². The van der Waals surface area contributed by atoms with Crippen molar-refractivity contribution >= 4 is 17.5 Å². The van der Waals surface area contributed by atoms with Crippen molar-refractivity contribution in [2.24, 2.45) is 5.73 Å². The standard InChI is InChI=1S/C10H12ClNO/c1-3-7-5-8(11)4-6(2)9(7)10(12)13/h4-5H,3H2,1-2H3,(H2,12,13). The third-order valence-electron chi connectivity index (χ3n) is 2.01. The molecule has 0 aliphatic carbocycles. The van der Waals surface area contributed by atoms with E-state index in [-0.39, 0.29) is 5.91 Å². The molecule has 0 aromatic heterocycles. The molecule has 2 N–H and O–H groups in total. The van der Waals surface area contributed by atoms with Crippen molar-refractivity contribution in [3.8, 4) is 0 Å². The molecule has 13 heavy (non-hydrogen) atoms. The molecule has 1 rings (SSSR count). The lowest BCUT2D eigenvalue weighted by molar-refractivity contribution is 0.0999. The average molecular weight is 198 g/mol. The molecule has 1 aromatic rings. The van der Waals surface area contributed by atoms with E-state index in [2.05, 4.69) is 0 Å². The lowest BCUT2D eigenvalue weighted by atomic mass is 10.00. The zero-order valence-electron chi connectivity index (χ0n) is 7.73. The van der Waals surface area contributed by atoms with Crippen molar-refractivity contribution in [2.45, 2.75) is 20.3 Å². The molecule has 2 nitrogen and oxygen atoms in total. The van der Waals surface area contributed by atoms with Crippen LogP contribution < -0.4 is 5.73 Å². The monoisotopic (exact) mass is 197 g/mol. The van der Waals surface area contributed by atoms with Crippen molar-refractivity contribution in [1.29, 1.82) is 0 Å². The van der Waals surface area contributed by atoms with Crippen LogP contribution in [0.2, 0.25) is 5.02 Å². The SMILES string of the molecule is CCc1cc(Cl)cc(C)c1C(N)=O. The molecule has 1 amide bonds. The predicted molar refractivity (Wildman–Crippen MR) is 54.1 cm³/mol. The summed E-state index contributed by atoms with van der Waals surface area (Å²) in [6.45, 7) is 3.81. The van der Waals surface area contributed by atoms with Crippen molar-refractivity contribution in [3.05, 3.63) is 33.8 Å². The van der Waals surface area contributed by atoms with Crippen molar-refractivity contribution < 1.29 is 4.79 Å². The molecular weight excluding hydrogens is 186 g/mol. The summed E-state index contributed by atoms with van der Waals surface area (Å²) in [5.74, 6) is -0.383. The van der Waals surface area contributed by atoms with Gasteiger partial charge in [-0.25, -0.2) is 0 Å². The first-order valence-electron chi connectivity index (χ1n) is 4.15. The first-order chi connectivity index (χ1) is 6.06. The van der Waals surface area contributed by atoms with Crippen LogP contribution in [0.1, 0.15) is 28.4 Å². The van der Waals surface area contributed by atoms with Crippen LogP contribution in [0, 0.1) is 6.92 Å². The van der Waals surface area contributed by atoms with Gasteiger partial charge in [-0.3, -0.25) is 4.79 Å². The normalized spacial score (nSPS) is 10.1. The van der Waals surface area contributed by atoms with E-state index in [1.807, 2.05) is 13.8 Å². The first-order valence-corrected chi connectivity index (χ1v) is 4.53. The van der Waals surface area contributed by atoms with Crippen LogP contribution in [0.15, 0.2) is 12.1 Å². The number of hydrogen-bond donors (Lipinski definition) is 1. The predicted octanol–water partition coefficient (Wildman–Crippen LogP) is 2.31. The minimum atomic E-state index is -0.383. The Balaban J connectivity index is 3.38. The Morgan fingerprint density at radius 3 is 2.62 bits per heavy atom. The van der Waals surface area contributed by atoms with Crippen LogP contribution in [0.3, 0.4) is 0 Å². The van der Waals surface area contributed by atoms with Crippen LogP contribution >= 0.6 is 11.6 Å². The van der Waals surface area contributed by atoms with Gasteiger partial charge in [-0.1, -0.05) is 18.5 Å². The zero-order valence-corrected chi connectivity index (χ0v) is 8.48. The van der Waals surface area contributed by atoms with Gasteiger partial charge in [0.1, 0.15) is 0 Å². The fraction of sp³-hybridized carbons (Fsp3) is 0.300. The molecule has 70 valence electrons. The Kier molecular flexibility index (Phi) is 2.94. The van der Waals surface area contributed by atoms with Crippen LogP contribution in [-0.2, 0) is 6.42 Å². The summed E-state index contributed by atoms with van der Waals surface area (Å²) in [4.78, 5) is 11.1. The summed E-state index contributed by atoms with van der Waals surface area (Å²) in [6.07, 6.45) is 0.764. The second-order valence-corrected chi connectivity index (χ2v) is 3.41.